The molecule has 0 radical (unpaired) electrons. The number of nitrogens with zero attached hydrogens (tertiary/aromatic N) is 2. The molecule has 0 atom stereocenters. The van der Waals surface area contributed by atoms with Crippen LogP contribution >= 0.6 is 34.7 Å². The molecule has 7 heteroatoms. The summed E-state index contributed by atoms with van der Waals surface area (Å²) in [5.41, 5.74) is 2.08. The van der Waals surface area contributed by atoms with Crippen LogP contribution in [0.25, 0.3) is 10.2 Å². The number of thioether (sulfide) groups is 1. The molecule has 3 aromatic rings. The fourth-order valence-electron chi connectivity index (χ4n) is 4.67. The Morgan fingerprint density at radius 2 is 1.90 bits per heavy atom. The van der Waals surface area contributed by atoms with Crippen LogP contribution in [0.1, 0.15) is 67.1 Å². The topological polar surface area (TPSA) is 54.9 Å². The van der Waals surface area contributed by atoms with Gasteiger partial charge in [0.05, 0.1) is 16.5 Å². The molecular weight excluding hydrogens is 446 g/mol. The van der Waals surface area contributed by atoms with Crippen molar-refractivity contribution in [2.24, 2.45) is 0 Å². The molecule has 0 bridgehead atoms. The number of nitrogens with one attached hydrogen (secondary N) is 1. The van der Waals surface area contributed by atoms with Gasteiger partial charge in [-0.1, -0.05) is 54.8 Å². The predicted octanol–water partition coefficient (Wildman–Crippen LogP) is 7.00. The average Bonchev–Trinajstić information content (AvgIpc) is 3.18. The number of aromatic nitrogens is 2. The van der Waals surface area contributed by atoms with Gasteiger partial charge in [0.15, 0.2) is 0 Å². The van der Waals surface area contributed by atoms with Crippen LogP contribution in [0.15, 0.2) is 29.3 Å². The lowest BCUT2D eigenvalue weighted by atomic mass is 9.88. The van der Waals surface area contributed by atoms with Crippen molar-refractivity contribution in [3.63, 3.8) is 0 Å². The van der Waals surface area contributed by atoms with Crippen molar-refractivity contribution in [3.8, 4) is 0 Å². The summed E-state index contributed by atoms with van der Waals surface area (Å²) < 4.78 is 0. The van der Waals surface area contributed by atoms with E-state index in [9.17, 15) is 4.79 Å². The van der Waals surface area contributed by atoms with Gasteiger partial charge in [0, 0.05) is 16.2 Å². The van der Waals surface area contributed by atoms with Gasteiger partial charge in [-0.25, -0.2) is 9.97 Å². The first-order chi connectivity index (χ1) is 15.2. The summed E-state index contributed by atoms with van der Waals surface area (Å²) in [4.78, 5) is 25.4. The van der Waals surface area contributed by atoms with Gasteiger partial charge in [0.1, 0.15) is 15.7 Å². The van der Waals surface area contributed by atoms with E-state index in [-0.39, 0.29) is 5.91 Å². The number of hydrogen-bond acceptors (Lipinski definition) is 5. The van der Waals surface area contributed by atoms with Gasteiger partial charge in [0.2, 0.25) is 5.91 Å². The molecule has 162 valence electrons. The highest BCUT2D eigenvalue weighted by atomic mass is 35.5. The van der Waals surface area contributed by atoms with Gasteiger partial charge in [-0.15, -0.1) is 11.3 Å². The second-order valence-corrected chi connectivity index (χ2v) is 10.9. The van der Waals surface area contributed by atoms with Crippen molar-refractivity contribution < 1.29 is 4.79 Å². The van der Waals surface area contributed by atoms with E-state index < -0.39 is 0 Å². The summed E-state index contributed by atoms with van der Waals surface area (Å²) in [7, 11) is 0. The SMILES string of the molecule is O=C(CSc1nc(C2CCCCC2)nc2sc3c(c12)CCCC3)Nc1ccccc1Cl. The van der Waals surface area contributed by atoms with Crippen LogP contribution < -0.4 is 5.32 Å². The Morgan fingerprint density at radius 3 is 2.74 bits per heavy atom. The standard InChI is InChI=1S/C24H26ClN3OS2/c25-17-11-5-6-12-18(17)26-20(29)14-30-23-21-16-10-4-7-13-19(16)31-24(21)28-22(27-23)15-8-2-1-3-9-15/h5-6,11-12,15H,1-4,7-10,13-14H2,(H,26,29). The Balaban J connectivity index is 1.43. The first-order valence-electron chi connectivity index (χ1n) is 11.2. The summed E-state index contributed by atoms with van der Waals surface area (Å²) >= 11 is 9.58. The van der Waals surface area contributed by atoms with Gasteiger partial charge in [-0.2, -0.15) is 0 Å². The minimum Gasteiger partial charge on any atom is -0.324 e. The molecule has 4 nitrogen and oxygen atoms in total. The van der Waals surface area contributed by atoms with Gasteiger partial charge in [-0.05, 0) is 56.2 Å². The highest BCUT2D eigenvalue weighted by molar-refractivity contribution is 8.00. The Morgan fingerprint density at radius 1 is 1.10 bits per heavy atom. The van der Waals surface area contributed by atoms with E-state index in [1.807, 2.05) is 29.5 Å². The Labute approximate surface area is 196 Å². The number of benzene rings is 1. The molecular formula is C24H26ClN3OS2. The van der Waals surface area contributed by atoms with Crippen molar-refractivity contribution >= 4 is 56.5 Å². The van der Waals surface area contributed by atoms with Gasteiger partial charge in [0.25, 0.3) is 0 Å². The zero-order valence-corrected chi connectivity index (χ0v) is 19.8. The number of hydrogen-bond donors (Lipinski definition) is 1. The van der Waals surface area contributed by atoms with Gasteiger partial charge < -0.3 is 5.32 Å². The van der Waals surface area contributed by atoms with Crippen LogP contribution in [0, 0.1) is 0 Å². The second-order valence-electron chi connectivity index (χ2n) is 8.43. The Bertz CT molecular complexity index is 1110. The van der Waals surface area contributed by atoms with Crippen LogP contribution in [0.2, 0.25) is 5.02 Å². The highest BCUT2D eigenvalue weighted by Gasteiger charge is 2.25. The molecule has 0 aliphatic heterocycles. The molecule has 5 rings (SSSR count). The average molecular weight is 472 g/mol. The van der Waals surface area contributed by atoms with Crippen molar-refractivity contribution in [2.45, 2.75) is 68.7 Å². The first-order valence-corrected chi connectivity index (χ1v) is 13.4. The Kier molecular flexibility index (Phi) is 6.49. The number of carbonyl (C=O) groups excluding carboxylic acids is 1. The fourth-order valence-corrected chi connectivity index (χ4v) is 7.05. The number of amides is 1. The van der Waals surface area contributed by atoms with Crippen molar-refractivity contribution in [3.05, 3.63) is 45.6 Å². The summed E-state index contributed by atoms with van der Waals surface area (Å²) in [6, 6.07) is 7.34. The van der Waals surface area contributed by atoms with E-state index in [1.54, 1.807) is 6.07 Å². The van der Waals surface area contributed by atoms with Gasteiger partial charge >= 0.3 is 0 Å². The number of aryl methyl sites for hydroxylation is 2. The lowest BCUT2D eigenvalue weighted by molar-refractivity contribution is -0.113. The van der Waals surface area contributed by atoms with E-state index >= 15 is 0 Å². The summed E-state index contributed by atoms with van der Waals surface area (Å²) in [5.74, 6) is 1.69. The lowest BCUT2D eigenvalue weighted by Crippen LogP contribution is -2.15. The normalized spacial score (nSPS) is 16.9. The maximum atomic E-state index is 12.7. The van der Waals surface area contributed by atoms with Crippen LogP contribution in [-0.4, -0.2) is 21.6 Å². The summed E-state index contributed by atoms with van der Waals surface area (Å²) in [6.45, 7) is 0. The molecule has 0 unspecified atom stereocenters. The van der Waals surface area contributed by atoms with Crippen LogP contribution in [0.4, 0.5) is 5.69 Å². The largest absolute Gasteiger partial charge is 0.324 e. The van der Waals surface area contributed by atoms with E-state index in [0.717, 1.165) is 28.5 Å². The minimum atomic E-state index is -0.0619. The number of halogens is 1. The van der Waals surface area contributed by atoms with E-state index in [0.29, 0.717) is 22.4 Å². The third-order valence-corrected chi connectivity index (χ3v) is 8.75. The molecule has 31 heavy (non-hydrogen) atoms. The molecule has 1 N–H and O–H groups in total. The maximum absolute atomic E-state index is 12.7. The molecule has 2 heterocycles. The first kappa shape index (κ1) is 21.2. The van der Waals surface area contributed by atoms with Crippen LogP contribution in [0.3, 0.4) is 0 Å². The molecule has 2 aliphatic rings. The summed E-state index contributed by atoms with van der Waals surface area (Å²) in [5, 5.41) is 5.67. The molecule has 1 fully saturated rings. The van der Waals surface area contributed by atoms with Crippen molar-refractivity contribution in [1.82, 2.24) is 9.97 Å². The molecule has 2 aliphatic carbocycles. The number of rotatable bonds is 5. The summed E-state index contributed by atoms with van der Waals surface area (Å²) in [6.07, 6.45) is 10.9. The molecule has 2 aromatic heterocycles. The molecule has 0 spiro atoms. The zero-order valence-electron chi connectivity index (χ0n) is 17.5. The number of anilines is 1. The molecule has 1 saturated carbocycles. The lowest BCUT2D eigenvalue weighted by Gasteiger charge is -2.21. The Hall–Kier alpha value is -1.63. The van der Waals surface area contributed by atoms with Crippen LogP contribution in [-0.2, 0) is 17.6 Å². The quantitative estimate of drug-likeness (QED) is 0.321. The third-order valence-electron chi connectivity index (χ3n) is 6.26. The molecule has 1 aromatic carbocycles. The van der Waals surface area contributed by atoms with E-state index in [2.05, 4.69) is 5.32 Å². The monoisotopic (exact) mass is 471 g/mol. The number of thiophene rings is 1. The smallest absolute Gasteiger partial charge is 0.234 e. The minimum absolute atomic E-state index is 0.0619. The third kappa shape index (κ3) is 4.62. The van der Waals surface area contributed by atoms with Gasteiger partial charge in [-0.3, -0.25) is 4.79 Å². The van der Waals surface area contributed by atoms with Crippen molar-refractivity contribution in [2.75, 3.05) is 11.1 Å². The van der Waals surface area contributed by atoms with E-state index in [1.165, 1.54) is 72.5 Å². The van der Waals surface area contributed by atoms with Crippen LogP contribution in [0.5, 0.6) is 0 Å². The second kappa shape index (κ2) is 9.47. The highest BCUT2D eigenvalue weighted by Crippen LogP contribution is 2.41. The maximum Gasteiger partial charge on any atom is 0.234 e. The van der Waals surface area contributed by atoms with E-state index in [4.69, 9.17) is 21.6 Å². The number of fused-ring (bicyclic) bond motifs is 3. The number of para-hydroxylation sites is 1. The number of carbonyl (C=O) groups is 1. The predicted molar refractivity (Wildman–Crippen MR) is 131 cm³/mol. The zero-order chi connectivity index (χ0) is 21.2. The molecule has 1 amide bonds. The molecule has 0 saturated heterocycles. The fraction of sp³-hybridized carbons (Fsp3) is 0.458. The van der Waals surface area contributed by atoms with Crippen molar-refractivity contribution in [1.29, 1.82) is 0 Å².